The number of aliphatic hydroxyl groups excluding tert-OH is 1. The molecule has 3 N–H and O–H groups in total. The Morgan fingerprint density at radius 1 is 1.00 bits per heavy atom. The number of rotatable bonds is 11. The Labute approximate surface area is 270 Å². The van der Waals surface area contributed by atoms with E-state index in [1.165, 1.54) is 20.8 Å². The molecular weight excluding hydrogens is 610 g/mol. The van der Waals surface area contributed by atoms with Gasteiger partial charge in [-0.2, -0.15) is 0 Å². The topological polar surface area (TPSA) is 179 Å². The van der Waals surface area contributed by atoms with Gasteiger partial charge in [-0.15, -0.1) is 0 Å². The van der Waals surface area contributed by atoms with Gasteiger partial charge in [-0.05, 0) is 43.5 Å². The fourth-order valence-corrected chi connectivity index (χ4v) is 5.83. The number of ether oxygens (including phenoxy) is 2. The van der Waals surface area contributed by atoms with Crippen LogP contribution in [0.5, 0.6) is 5.75 Å². The van der Waals surface area contributed by atoms with Crippen LogP contribution in [-0.4, -0.2) is 113 Å². The molecule has 0 aliphatic carbocycles. The maximum Gasteiger partial charge on any atom is 0.409 e. The van der Waals surface area contributed by atoms with Crippen LogP contribution in [0.2, 0.25) is 0 Å². The number of anilines is 1. The molecule has 47 heavy (non-hydrogen) atoms. The lowest BCUT2D eigenvalue weighted by Gasteiger charge is -2.35. The molecule has 0 spiro atoms. The molecule has 2 aliphatic heterocycles. The maximum absolute atomic E-state index is 13.5. The van der Waals surface area contributed by atoms with Gasteiger partial charge in [-0.25, -0.2) is 9.78 Å². The smallest absolute Gasteiger partial charge is 0.409 e. The monoisotopic (exact) mass is 647 g/mol. The van der Waals surface area contributed by atoms with Crippen LogP contribution in [0.4, 0.5) is 10.5 Å². The molecule has 1 aromatic heterocycles. The van der Waals surface area contributed by atoms with Gasteiger partial charge >= 0.3 is 12.1 Å². The Hall–Kier alpha value is -5.24. The van der Waals surface area contributed by atoms with Crippen molar-refractivity contribution < 1.29 is 43.7 Å². The summed E-state index contributed by atoms with van der Waals surface area (Å²) in [5, 5.41) is 22.4. The van der Waals surface area contributed by atoms with Gasteiger partial charge in [0.15, 0.2) is 6.61 Å². The van der Waals surface area contributed by atoms with Crippen LogP contribution in [0.15, 0.2) is 54.6 Å². The predicted octanol–water partition coefficient (Wildman–Crippen LogP) is 1.83. The normalized spacial score (nSPS) is 16.4. The summed E-state index contributed by atoms with van der Waals surface area (Å²) in [7, 11) is 0. The largest absolute Gasteiger partial charge is 0.483 e. The summed E-state index contributed by atoms with van der Waals surface area (Å²) in [4.78, 5) is 72.8. The Kier molecular flexibility index (Phi) is 10.5. The van der Waals surface area contributed by atoms with E-state index >= 15 is 0 Å². The first-order chi connectivity index (χ1) is 22.7. The molecule has 1 fully saturated rings. The number of piperazine rings is 1. The van der Waals surface area contributed by atoms with Gasteiger partial charge < -0.3 is 39.7 Å². The van der Waals surface area contributed by atoms with Crippen LogP contribution in [0.25, 0.3) is 10.9 Å². The summed E-state index contributed by atoms with van der Waals surface area (Å²) in [5.74, 6) is -2.49. The lowest BCUT2D eigenvalue weighted by Crippen LogP contribution is -2.56. The van der Waals surface area contributed by atoms with E-state index < -0.39 is 36.0 Å². The Balaban J connectivity index is 1.32. The molecule has 248 valence electrons. The van der Waals surface area contributed by atoms with E-state index in [4.69, 9.17) is 9.47 Å². The van der Waals surface area contributed by atoms with Gasteiger partial charge in [0.05, 0.1) is 24.8 Å². The number of aliphatic hydroxyl groups is 1. The molecule has 14 heteroatoms. The Morgan fingerprint density at radius 3 is 2.43 bits per heavy atom. The summed E-state index contributed by atoms with van der Waals surface area (Å²) in [6, 6.07) is 14.1. The SMILES string of the molecule is CCOC(=O)N1CCN(C(=O)C(CCC(=O)O)NC(=O)c2cc(OCC(=O)N3c4ccccc4C[C@H]3CO)c3ccccc3n2)CC1. The van der Waals surface area contributed by atoms with Gasteiger partial charge in [-0.1, -0.05) is 30.3 Å². The quantitative estimate of drug-likeness (QED) is 0.278. The first kappa shape index (κ1) is 33.1. The minimum Gasteiger partial charge on any atom is -0.483 e. The van der Waals surface area contributed by atoms with Crippen LogP contribution >= 0.6 is 0 Å². The average Bonchev–Trinajstić information content (AvgIpc) is 3.47. The van der Waals surface area contributed by atoms with Gasteiger partial charge in [0, 0.05) is 49.7 Å². The Morgan fingerprint density at radius 2 is 1.70 bits per heavy atom. The molecule has 3 heterocycles. The highest BCUT2D eigenvalue weighted by molar-refractivity contribution is 6.00. The summed E-state index contributed by atoms with van der Waals surface area (Å²) >= 11 is 0. The molecule has 5 rings (SSSR count). The highest BCUT2D eigenvalue weighted by Crippen LogP contribution is 2.32. The number of amides is 4. The molecular formula is C33H37N5O9. The molecule has 0 bridgehead atoms. The van der Waals surface area contributed by atoms with Gasteiger partial charge in [0.1, 0.15) is 17.5 Å². The number of hydrogen-bond acceptors (Lipinski definition) is 9. The molecule has 0 saturated carbocycles. The summed E-state index contributed by atoms with van der Waals surface area (Å²) in [5.41, 5.74) is 1.97. The number of hydrogen-bond donors (Lipinski definition) is 3. The number of aliphatic carboxylic acids is 1. The number of nitrogens with one attached hydrogen (secondary N) is 1. The van der Waals surface area contributed by atoms with E-state index in [1.807, 2.05) is 24.3 Å². The van der Waals surface area contributed by atoms with Gasteiger partial charge in [0.2, 0.25) is 5.91 Å². The molecule has 2 aromatic carbocycles. The van der Waals surface area contributed by atoms with E-state index in [9.17, 15) is 34.2 Å². The number of benzene rings is 2. The number of carboxylic acid groups (broad SMARTS) is 1. The zero-order valence-corrected chi connectivity index (χ0v) is 26.0. The fourth-order valence-electron chi connectivity index (χ4n) is 5.83. The van der Waals surface area contributed by atoms with Crippen molar-refractivity contribution in [3.63, 3.8) is 0 Å². The van der Waals surface area contributed by atoms with Crippen molar-refractivity contribution in [1.29, 1.82) is 0 Å². The molecule has 14 nitrogen and oxygen atoms in total. The average molecular weight is 648 g/mol. The molecule has 0 radical (unpaired) electrons. The van der Waals surface area contributed by atoms with E-state index in [-0.39, 0.29) is 76.2 Å². The summed E-state index contributed by atoms with van der Waals surface area (Å²) in [6.45, 7) is 2.18. The molecule has 1 saturated heterocycles. The van der Waals surface area contributed by atoms with Crippen LogP contribution in [-0.2, 0) is 25.5 Å². The first-order valence-corrected chi connectivity index (χ1v) is 15.5. The molecule has 2 atom stereocenters. The number of para-hydroxylation sites is 2. The minimum absolute atomic E-state index is 0.0915. The molecule has 4 amide bonds. The number of fused-ring (bicyclic) bond motifs is 2. The van der Waals surface area contributed by atoms with E-state index in [2.05, 4.69) is 10.3 Å². The van der Waals surface area contributed by atoms with Gasteiger partial charge in [0.25, 0.3) is 11.8 Å². The lowest BCUT2D eigenvalue weighted by molar-refractivity contribution is -0.138. The molecule has 3 aromatic rings. The predicted molar refractivity (Wildman–Crippen MR) is 169 cm³/mol. The van der Waals surface area contributed by atoms with Crippen molar-refractivity contribution >= 4 is 46.4 Å². The second-order valence-electron chi connectivity index (χ2n) is 11.2. The second-order valence-corrected chi connectivity index (χ2v) is 11.2. The number of aromatic nitrogens is 1. The van der Waals surface area contributed by atoms with Crippen LogP contribution < -0.4 is 15.0 Å². The van der Waals surface area contributed by atoms with Crippen molar-refractivity contribution in [1.82, 2.24) is 20.1 Å². The third kappa shape index (κ3) is 7.60. The number of carboxylic acids is 1. The third-order valence-electron chi connectivity index (χ3n) is 8.18. The highest BCUT2D eigenvalue weighted by Gasteiger charge is 2.34. The number of carbonyl (C=O) groups excluding carboxylic acids is 4. The standard InChI is InChI=1S/C33H37N5O9/c1-2-46-33(45)37-15-13-36(14-16-37)32(44)25(11-12-30(41)42)35-31(43)26-18-28(23-8-4-5-9-24(23)34-26)47-20-29(40)38-22(19-39)17-21-7-3-6-10-27(21)38/h3-10,18,22,25,39H,2,11-17,19-20H2,1H3,(H,35,43)(H,41,42)/t22-,25?/m0/s1. The van der Waals surface area contributed by atoms with Crippen LogP contribution in [0.3, 0.4) is 0 Å². The van der Waals surface area contributed by atoms with E-state index in [0.717, 1.165) is 5.56 Å². The third-order valence-corrected chi connectivity index (χ3v) is 8.18. The van der Waals surface area contributed by atoms with Crippen LogP contribution in [0.1, 0.15) is 35.8 Å². The van der Waals surface area contributed by atoms with E-state index in [1.54, 1.807) is 31.2 Å². The number of pyridine rings is 1. The molecule has 1 unspecified atom stereocenters. The molecule has 2 aliphatic rings. The zero-order valence-electron chi connectivity index (χ0n) is 26.0. The van der Waals surface area contributed by atoms with Crippen molar-refractivity contribution in [2.45, 2.75) is 38.3 Å². The minimum atomic E-state index is -1.17. The van der Waals surface area contributed by atoms with Crippen molar-refractivity contribution in [2.24, 2.45) is 0 Å². The summed E-state index contributed by atoms with van der Waals surface area (Å²) in [6.07, 6.45) is -0.484. The van der Waals surface area contributed by atoms with Crippen molar-refractivity contribution in [3.05, 3.63) is 65.9 Å². The van der Waals surface area contributed by atoms with Crippen LogP contribution in [0, 0.1) is 0 Å². The lowest BCUT2D eigenvalue weighted by atomic mass is 10.1. The Bertz CT molecular complexity index is 1660. The van der Waals surface area contributed by atoms with Crippen molar-refractivity contribution in [3.8, 4) is 5.75 Å². The number of nitrogens with zero attached hydrogens (tertiary/aromatic N) is 4. The zero-order chi connectivity index (χ0) is 33.5. The highest BCUT2D eigenvalue weighted by atomic mass is 16.6. The second kappa shape index (κ2) is 14.9. The summed E-state index contributed by atoms with van der Waals surface area (Å²) < 4.78 is 11.0. The van der Waals surface area contributed by atoms with Gasteiger partial charge in [-0.3, -0.25) is 19.2 Å². The van der Waals surface area contributed by atoms with Crippen molar-refractivity contribution in [2.75, 3.05) is 50.9 Å². The number of carbonyl (C=O) groups is 5. The fraction of sp³-hybridized carbons (Fsp3) is 0.394. The maximum atomic E-state index is 13.5. The first-order valence-electron chi connectivity index (χ1n) is 15.5. The van der Waals surface area contributed by atoms with E-state index in [0.29, 0.717) is 23.0 Å².